The maximum Gasteiger partial charge on any atom is 0.135 e. The zero-order valence-corrected chi connectivity index (χ0v) is 16.6. The molecule has 1 aliphatic heterocycles. The first-order valence-corrected chi connectivity index (χ1v) is 10.2. The Morgan fingerprint density at radius 3 is 2.48 bits per heavy atom. The Balaban J connectivity index is 1.83. The maximum absolute atomic E-state index is 10.9. The minimum atomic E-state index is -0.230. The Morgan fingerprint density at radius 2 is 1.67 bits per heavy atom. The first-order valence-electron chi connectivity index (χ1n) is 10.2. The number of ether oxygens (including phenoxy) is 1. The van der Waals surface area contributed by atoms with E-state index in [0.717, 1.165) is 29.8 Å². The lowest BCUT2D eigenvalue weighted by molar-refractivity contribution is -0.142. The average molecular weight is 369 g/mol. The highest BCUT2D eigenvalue weighted by Gasteiger charge is 2.34. The Morgan fingerprint density at radius 1 is 0.963 bits per heavy atom. The van der Waals surface area contributed by atoms with E-state index in [-0.39, 0.29) is 6.17 Å². The van der Waals surface area contributed by atoms with E-state index in [1.54, 1.807) is 7.11 Å². The molecule has 0 amide bonds. The molecule has 0 radical (unpaired) electrons. The van der Waals surface area contributed by atoms with Crippen molar-refractivity contribution in [2.24, 2.45) is 0 Å². The predicted octanol–water partition coefficient (Wildman–Crippen LogP) is 5.77. The number of methoxy groups -OCH3 is 1. The largest absolute Gasteiger partial charge is 0.496 e. The van der Waals surface area contributed by atoms with E-state index in [1.165, 1.54) is 42.9 Å². The molecule has 3 rings (SSSR count). The van der Waals surface area contributed by atoms with Gasteiger partial charge in [0.25, 0.3) is 0 Å². The third-order valence-corrected chi connectivity index (χ3v) is 5.38. The normalized spacial score (nSPS) is 17.0. The van der Waals surface area contributed by atoms with Crippen LogP contribution in [0.2, 0.25) is 0 Å². The van der Waals surface area contributed by atoms with Crippen molar-refractivity contribution in [3.8, 4) is 5.75 Å². The van der Waals surface area contributed by atoms with Gasteiger partial charge >= 0.3 is 0 Å². The van der Waals surface area contributed by atoms with Gasteiger partial charge in [0.2, 0.25) is 0 Å². The quantitative estimate of drug-likeness (QED) is 0.570. The fourth-order valence-electron chi connectivity index (χ4n) is 3.99. The lowest BCUT2D eigenvalue weighted by atomic mass is 10.0. The minimum Gasteiger partial charge on any atom is -0.496 e. The topological polar surface area (TPSA) is 35.9 Å². The molecule has 0 saturated carbocycles. The summed E-state index contributed by atoms with van der Waals surface area (Å²) in [6.07, 6.45) is 7.31. The number of hydrogen-bond donors (Lipinski definition) is 1. The van der Waals surface area contributed by atoms with Crippen LogP contribution in [0.1, 0.15) is 62.7 Å². The van der Waals surface area contributed by atoms with Gasteiger partial charge in [-0.1, -0.05) is 75.4 Å². The Bertz CT molecular complexity index is 719. The van der Waals surface area contributed by atoms with Gasteiger partial charge in [0.1, 0.15) is 11.9 Å². The SMILES string of the molecule is CCCCCCCCN1c2ccccc2CN(O)C1c1ccccc1OC. The van der Waals surface area contributed by atoms with Crippen LogP contribution in [0, 0.1) is 0 Å². The van der Waals surface area contributed by atoms with Gasteiger partial charge in [0.15, 0.2) is 0 Å². The molecule has 0 aliphatic carbocycles. The maximum atomic E-state index is 10.9. The van der Waals surface area contributed by atoms with Gasteiger partial charge < -0.3 is 14.8 Å². The van der Waals surface area contributed by atoms with E-state index in [4.69, 9.17) is 4.74 Å². The second kappa shape index (κ2) is 9.77. The molecule has 0 saturated heterocycles. The predicted molar refractivity (Wildman–Crippen MR) is 110 cm³/mol. The van der Waals surface area contributed by atoms with E-state index in [2.05, 4.69) is 36.1 Å². The Kier molecular flexibility index (Phi) is 7.13. The summed E-state index contributed by atoms with van der Waals surface area (Å²) in [6, 6.07) is 16.4. The molecule has 4 nitrogen and oxygen atoms in total. The smallest absolute Gasteiger partial charge is 0.135 e. The third kappa shape index (κ3) is 4.63. The van der Waals surface area contributed by atoms with Gasteiger partial charge in [0, 0.05) is 17.8 Å². The molecule has 0 aromatic heterocycles. The summed E-state index contributed by atoms with van der Waals surface area (Å²) in [5.41, 5.74) is 3.38. The molecule has 0 spiro atoms. The zero-order valence-electron chi connectivity index (χ0n) is 16.6. The summed E-state index contributed by atoms with van der Waals surface area (Å²) in [4.78, 5) is 2.33. The van der Waals surface area contributed by atoms with Crippen molar-refractivity contribution in [3.63, 3.8) is 0 Å². The van der Waals surface area contributed by atoms with E-state index in [1.807, 2.05) is 24.3 Å². The van der Waals surface area contributed by atoms with Gasteiger partial charge in [-0.2, -0.15) is 5.06 Å². The lowest BCUT2D eigenvalue weighted by Crippen LogP contribution is -2.44. The molecule has 1 atom stereocenters. The average Bonchev–Trinajstić information content (AvgIpc) is 2.70. The molecular formula is C23H32N2O2. The summed E-state index contributed by atoms with van der Waals surface area (Å²) >= 11 is 0. The molecule has 27 heavy (non-hydrogen) atoms. The van der Waals surface area contributed by atoms with Gasteiger partial charge in [-0.25, -0.2) is 0 Å². The van der Waals surface area contributed by atoms with Crippen molar-refractivity contribution >= 4 is 5.69 Å². The number of hydrogen-bond acceptors (Lipinski definition) is 4. The van der Waals surface area contributed by atoms with Crippen LogP contribution < -0.4 is 9.64 Å². The number of para-hydroxylation sites is 2. The number of hydroxylamine groups is 2. The van der Waals surface area contributed by atoms with E-state index >= 15 is 0 Å². The van der Waals surface area contributed by atoms with Crippen LogP contribution in [-0.4, -0.2) is 23.9 Å². The molecule has 4 heteroatoms. The van der Waals surface area contributed by atoms with Gasteiger partial charge in [0.05, 0.1) is 13.7 Å². The second-order valence-electron chi connectivity index (χ2n) is 7.30. The molecule has 2 aromatic rings. The van der Waals surface area contributed by atoms with Crippen LogP contribution in [0.4, 0.5) is 5.69 Å². The van der Waals surface area contributed by atoms with Gasteiger partial charge in [-0.15, -0.1) is 0 Å². The number of nitrogens with zero attached hydrogens (tertiary/aromatic N) is 2. The highest BCUT2D eigenvalue weighted by molar-refractivity contribution is 5.58. The number of benzene rings is 2. The van der Waals surface area contributed by atoms with Crippen molar-refractivity contribution < 1.29 is 9.94 Å². The fourth-order valence-corrected chi connectivity index (χ4v) is 3.99. The summed E-state index contributed by atoms with van der Waals surface area (Å²) in [7, 11) is 1.69. The number of fused-ring (bicyclic) bond motifs is 1. The molecule has 0 fully saturated rings. The molecule has 2 aromatic carbocycles. The van der Waals surface area contributed by atoms with Crippen LogP contribution >= 0.6 is 0 Å². The lowest BCUT2D eigenvalue weighted by Gasteiger charge is -2.43. The number of unbranched alkanes of at least 4 members (excludes halogenated alkanes) is 5. The molecule has 0 bridgehead atoms. The summed E-state index contributed by atoms with van der Waals surface area (Å²) in [5, 5.41) is 12.3. The van der Waals surface area contributed by atoms with Crippen molar-refractivity contribution in [2.45, 2.75) is 58.2 Å². The summed E-state index contributed by atoms with van der Waals surface area (Å²) < 4.78 is 5.59. The third-order valence-electron chi connectivity index (χ3n) is 5.38. The molecule has 1 unspecified atom stereocenters. The number of rotatable bonds is 9. The molecule has 146 valence electrons. The van der Waals surface area contributed by atoms with Gasteiger partial charge in [-0.05, 0) is 24.1 Å². The minimum absolute atomic E-state index is 0.230. The fraction of sp³-hybridized carbons (Fsp3) is 0.478. The summed E-state index contributed by atoms with van der Waals surface area (Å²) in [6.45, 7) is 3.69. The van der Waals surface area contributed by atoms with Crippen LogP contribution in [0.25, 0.3) is 0 Å². The second-order valence-corrected chi connectivity index (χ2v) is 7.30. The van der Waals surface area contributed by atoms with Crippen molar-refractivity contribution in [1.29, 1.82) is 0 Å². The van der Waals surface area contributed by atoms with Crippen LogP contribution in [0.3, 0.4) is 0 Å². The zero-order chi connectivity index (χ0) is 19.1. The van der Waals surface area contributed by atoms with Crippen LogP contribution in [0.15, 0.2) is 48.5 Å². The first-order chi connectivity index (χ1) is 13.3. The van der Waals surface area contributed by atoms with E-state index < -0.39 is 0 Å². The first kappa shape index (κ1) is 19.7. The van der Waals surface area contributed by atoms with Crippen molar-refractivity contribution in [2.75, 3.05) is 18.6 Å². The molecular weight excluding hydrogens is 336 g/mol. The Labute approximate surface area is 163 Å². The monoisotopic (exact) mass is 368 g/mol. The number of anilines is 1. The van der Waals surface area contributed by atoms with Crippen LogP contribution in [-0.2, 0) is 6.54 Å². The van der Waals surface area contributed by atoms with Crippen molar-refractivity contribution in [3.05, 3.63) is 59.7 Å². The standard InChI is InChI=1S/C23H32N2O2/c1-3-4-5-6-7-12-17-24-21-15-10-8-13-19(21)18-25(26)23(24)20-14-9-11-16-22(20)27-2/h8-11,13-16,23,26H,3-7,12,17-18H2,1-2H3. The highest BCUT2D eigenvalue weighted by atomic mass is 16.5. The van der Waals surface area contributed by atoms with E-state index in [9.17, 15) is 5.21 Å². The van der Waals surface area contributed by atoms with E-state index in [0.29, 0.717) is 6.54 Å². The Hall–Kier alpha value is -2.04. The summed E-state index contributed by atoms with van der Waals surface area (Å²) in [5.74, 6) is 0.814. The molecule has 1 heterocycles. The molecule has 1 N–H and O–H groups in total. The van der Waals surface area contributed by atoms with Crippen molar-refractivity contribution in [1.82, 2.24) is 5.06 Å². The molecule has 1 aliphatic rings. The van der Waals surface area contributed by atoms with Gasteiger partial charge in [-0.3, -0.25) is 0 Å². The van der Waals surface area contributed by atoms with Crippen LogP contribution in [0.5, 0.6) is 5.75 Å². The highest BCUT2D eigenvalue weighted by Crippen LogP contribution is 2.40.